The first kappa shape index (κ1) is 10.9. The van der Waals surface area contributed by atoms with E-state index >= 15 is 0 Å². The van der Waals surface area contributed by atoms with Gasteiger partial charge in [-0.3, -0.25) is 0 Å². The number of hydrogen-bond donors (Lipinski definition) is 2. The fraction of sp³-hybridized carbons (Fsp3) is 1.00. The van der Waals surface area contributed by atoms with Crippen molar-refractivity contribution in [1.29, 1.82) is 0 Å². The van der Waals surface area contributed by atoms with Gasteiger partial charge in [-0.05, 0) is 0 Å². The summed E-state index contributed by atoms with van der Waals surface area (Å²) in [6, 6.07) is 0. The smallest absolute Gasteiger partial charge is 0.307 e. The summed E-state index contributed by atoms with van der Waals surface area (Å²) >= 11 is 0. The van der Waals surface area contributed by atoms with E-state index in [-0.39, 0.29) is 0 Å². The van der Waals surface area contributed by atoms with Crippen LogP contribution in [0.1, 0.15) is 6.92 Å². The van der Waals surface area contributed by atoms with Crippen molar-refractivity contribution in [2.45, 2.75) is 13.1 Å². The van der Waals surface area contributed by atoms with Crippen LogP contribution in [0.25, 0.3) is 0 Å². The fourth-order valence-electron chi connectivity index (χ4n) is 0.431. The van der Waals surface area contributed by atoms with Gasteiger partial charge in [-0.2, -0.15) is 13.2 Å². The van der Waals surface area contributed by atoms with Gasteiger partial charge in [-0.25, -0.2) is 4.21 Å². The molecule has 0 aliphatic heterocycles. The predicted molar refractivity (Wildman–Crippen MR) is 34.9 cm³/mol. The molecule has 0 atom stereocenters. The molecule has 0 spiro atoms. The van der Waals surface area contributed by atoms with Crippen molar-refractivity contribution in [3.63, 3.8) is 0 Å². The molecule has 0 heterocycles. The molecule has 0 fully saturated rings. The van der Waals surface area contributed by atoms with E-state index in [1.165, 1.54) is 0 Å². The van der Waals surface area contributed by atoms with E-state index in [4.69, 9.17) is 9.11 Å². The zero-order chi connectivity index (χ0) is 9.36. The van der Waals surface area contributed by atoms with E-state index in [2.05, 4.69) is 0 Å². The molecule has 70 valence electrons. The van der Waals surface area contributed by atoms with Crippen LogP contribution in [0.4, 0.5) is 13.2 Å². The average molecular weight is 194 g/mol. The van der Waals surface area contributed by atoms with Gasteiger partial charge in [0.05, 0.1) is 9.63 Å². The third-order valence-electron chi connectivity index (χ3n) is 1.03. The minimum Gasteiger partial charge on any atom is -0.307 e. The average Bonchev–Trinajstić information content (AvgIpc) is 1.57. The Morgan fingerprint density at radius 2 is 1.73 bits per heavy atom. The van der Waals surface area contributed by atoms with Crippen LogP contribution in [-0.2, 0) is 9.63 Å². The fourth-order valence-corrected chi connectivity index (χ4v) is 1.29. The van der Waals surface area contributed by atoms with E-state index in [0.717, 1.165) is 6.92 Å². The molecule has 0 saturated heterocycles. The maximum Gasteiger partial charge on any atom is 0.402 e. The van der Waals surface area contributed by atoms with Gasteiger partial charge >= 0.3 is 6.18 Å². The summed E-state index contributed by atoms with van der Waals surface area (Å²) < 4.78 is 62.1. The molecule has 2 N–H and O–H groups in total. The van der Waals surface area contributed by atoms with Crippen LogP contribution in [0.5, 0.6) is 0 Å². The van der Waals surface area contributed by atoms with Crippen LogP contribution in [0, 0.1) is 0 Å². The second-order valence-electron chi connectivity index (χ2n) is 2.24. The molecule has 7 heteroatoms. The largest absolute Gasteiger partial charge is 0.402 e. The summed E-state index contributed by atoms with van der Waals surface area (Å²) in [5.74, 6) is -2.86. The van der Waals surface area contributed by atoms with Gasteiger partial charge in [0.1, 0.15) is 5.75 Å². The van der Waals surface area contributed by atoms with Crippen molar-refractivity contribution in [3.05, 3.63) is 0 Å². The summed E-state index contributed by atoms with van der Waals surface area (Å²) in [6.07, 6.45) is -4.82. The Bertz CT molecular complexity index is 203. The van der Waals surface area contributed by atoms with E-state index in [1.807, 2.05) is 0 Å². The first-order valence-corrected chi connectivity index (χ1v) is 4.96. The topological polar surface area (TPSA) is 57.5 Å². The predicted octanol–water partition coefficient (Wildman–Crippen LogP) is 1.33. The molecule has 0 aromatic heterocycles. The quantitative estimate of drug-likeness (QED) is 0.697. The highest BCUT2D eigenvalue weighted by atomic mass is 32.3. The van der Waals surface area contributed by atoms with Crippen LogP contribution in [-0.4, -0.2) is 31.0 Å². The molecule has 0 radical (unpaired) electrons. The van der Waals surface area contributed by atoms with Crippen molar-refractivity contribution in [2.75, 3.05) is 11.5 Å². The highest BCUT2D eigenvalue weighted by molar-refractivity contribution is 8.10. The molecule has 0 saturated carbocycles. The third kappa shape index (κ3) is 5.16. The van der Waals surface area contributed by atoms with E-state index < -0.39 is 27.3 Å². The number of rotatable bonds is 2. The molecular weight excluding hydrogens is 185 g/mol. The standard InChI is InChI=1S/C4H9F3O3S/c1-2-11(8,9,10)3-4(5,6)7/h2-3H2,1H3,(H2,8,9,10). The molecule has 0 rings (SSSR count). The molecule has 0 aromatic rings. The van der Waals surface area contributed by atoms with Gasteiger partial charge in [-0.1, -0.05) is 6.92 Å². The number of hydrogen-bond acceptors (Lipinski definition) is 1. The lowest BCUT2D eigenvalue weighted by Gasteiger charge is -2.29. The Morgan fingerprint density at radius 3 is 1.82 bits per heavy atom. The van der Waals surface area contributed by atoms with Crippen LogP contribution < -0.4 is 0 Å². The molecule has 0 aromatic carbocycles. The van der Waals surface area contributed by atoms with Gasteiger partial charge in [0.2, 0.25) is 0 Å². The lowest BCUT2D eigenvalue weighted by Crippen LogP contribution is -2.43. The zero-order valence-corrected chi connectivity index (χ0v) is 6.58. The summed E-state index contributed by atoms with van der Waals surface area (Å²) in [6.45, 7) is 1.01. The maximum absolute atomic E-state index is 11.5. The van der Waals surface area contributed by atoms with Crippen molar-refractivity contribution in [3.8, 4) is 0 Å². The summed E-state index contributed by atoms with van der Waals surface area (Å²) in [5, 5.41) is 0. The SMILES string of the molecule is CCS(=O)(O)(O)CC(F)(F)F. The van der Waals surface area contributed by atoms with Gasteiger partial charge in [0, 0.05) is 5.75 Å². The Labute approximate surface area is 61.6 Å². The van der Waals surface area contributed by atoms with Gasteiger partial charge in [-0.15, -0.1) is 0 Å². The van der Waals surface area contributed by atoms with Crippen molar-refractivity contribution in [1.82, 2.24) is 0 Å². The monoisotopic (exact) mass is 194 g/mol. The van der Waals surface area contributed by atoms with Gasteiger partial charge in [0.25, 0.3) is 0 Å². The summed E-state index contributed by atoms with van der Waals surface area (Å²) in [7, 11) is -5.41. The van der Waals surface area contributed by atoms with Crippen LogP contribution in [0.3, 0.4) is 0 Å². The van der Waals surface area contributed by atoms with Crippen molar-refractivity contribution in [2.24, 2.45) is 0 Å². The highest BCUT2D eigenvalue weighted by Gasteiger charge is 2.42. The van der Waals surface area contributed by atoms with Crippen LogP contribution in [0.15, 0.2) is 0 Å². The lowest BCUT2D eigenvalue weighted by atomic mass is 10.8. The normalized spacial score (nSPS) is 17.5. The lowest BCUT2D eigenvalue weighted by molar-refractivity contribution is -0.108. The van der Waals surface area contributed by atoms with Crippen molar-refractivity contribution >= 4 is 9.63 Å². The number of alkyl halides is 3. The first-order valence-electron chi connectivity index (χ1n) is 2.74. The molecule has 0 amide bonds. The van der Waals surface area contributed by atoms with Crippen LogP contribution >= 0.6 is 0 Å². The minimum absolute atomic E-state index is 0.809. The Morgan fingerprint density at radius 1 is 1.36 bits per heavy atom. The Balaban J connectivity index is 4.50. The molecular formula is C4H9F3O3S. The number of halogens is 3. The van der Waals surface area contributed by atoms with E-state index in [1.54, 1.807) is 0 Å². The molecule has 11 heavy (non-hydrogen) atoms. The molecule has 0 bridgehead atoms. The third-order valence-corrected chi connectivity index (χ3v) is 3.10. The summed E-state index contributed by atoms with van der Waals surface area (Å²) in [5.41, 5.74) is 0. The minimum atomic E-state index is -5.41. The second-order valence-corrected chi connectivity index (χ2v) is 5.48. The molecule has 0 unspecified atom stereocenters. The summed E-state index contributed by atoms with van der Waals surface area (Å²) in [4.78, 5) is 0. The van der Waals surface area contributed by atoms with E-state index in [0.29, 0.717) is 0 Å². The van der Waals surface area contributed by atoms with Crippen molar-refractivity contribution < 1.29 is 26.5 Å². The van der Waals surface area contributed by atoms with Gasteiger partial charge in [0.15, 0.2) is 0 Å². The molecule has 0 aliphatic carbocycles. The first-order chi connectivity index (χ1) is 4.53. The van der Waals surface area contributed by atoms with Gasteiger partial charge < -0.3 is 9.11 Å². The highest BCUT2D eigenvalue weighted by Crippen LogP contribution is 2.27. The van der Waals surface area contributed by atoms with Crippen LogP contribution in [0.2, 0.25) is 0 Å². The second kappa shape index (κ2) is 2.43. The maximum atomic E-state index is 11.5. The Hall–Kier alpha value is -0.140. The molecule has 3 nitrogen and oxygen atoms in total. The molecule has 0 aliphatic rings. The zero-order valence-electron chi connectivity index (χ0n) is 5.76. The Kier molecular flexibility index (Phi) is 2.40. The van der Waals surface area contributed by atoms with E-state index in [9.17, 15) is 17.4 Å².